The summed E-state index contributed by atoms with van der Waals surface area (Å²) in [5.41, 5.74) is 4.21. The van der Waals surface area contributed by atoms with Gasteiger partial charge in [0.2, 0.25) is 0 Å². The van der Waals surface area contributed by atoms with Crippen molar-refractivity contribution in [3.63, 3.8) is 0 Å². The second kappa shape index (κ2) is 8.64. The number of allylic oxidation sites excluding steroid dienone is 1. The van der Waals surface area contributed by atoms with Crippen molar-refractivity contribution in [1.29, 1.82) is 0 Å². The molecule has 3 rings (SSSR count). The lowest BCUT2D eigenvalue weighted by atomic mass is 9.90. The number of rotatable bonds is 5. The van der Waals surface area contributed by atoms with Crippen molar-refractivity contribution in [3.05, 3.63) is 77.9 Å². The van der Waals surface area contributed by atoms with E-state index in [1.165, 1.54) is 5.56 Å². The third-order valence-electron chi connectivity index (χ3n) is 5.77. The second-order valence-electron chi connectivity index (χ2n) is 8.54. The van der Waals surface area contributed by atoms with Gasteiger partial charge in [0.1, 0.15) is 0 Å². The van der Waals surface area contributed by atoms with E-state index < -0.39 is 5.54 Å². The summed E-state index contributed by atoms with van der Waals surface area (Å²) in [6.45, 7) is 11.8. The molecular weight excluding hydrogens is 344 g/mol. The van der Waals surface area contributed by atoms with E-state index >= 15 is 0 Å². The van der Waals surface area contributed by atoms with Crippen molar-refractivity contribution in [1.82, 2.24) is 10.2 Å². The number of hydrogen-bond acceptors (Lipinski definition) is 1. The first-order chi connectivity index (χ1) is 13.3. The fourth-order valence-corrected chi connectivity index (χ4v) is 3.88. The molecule has 0 saturated carbocycles. The predicted molar refractivity (Wildman–Crippen MR) is 117 cm³/mol. The molecule has 3 nitrogen and oxygen atoms in total. The average Bonchev–Trinajstić information content (AvgIpc) is 2.69. The molecule has 148 valence electrons. The number of urea groups is 1. The quantitative estimate of drug-likeness (QED) is 0.722. The molecule has 1 N–H and O–H groups in total. The van der Waals surface area contributed by atoms with E-state index in [1.807, 2.05) is 17.9 Å². The van der Waals surface area contributed by atoms with Gasteiger partial charge in [0.05, 0.1) is 5.54 Å². The van der Waals surface area contributed by atoms with Gasteiger partial charge in [0.15, 0.2) is 0 Å². The summed E-state index contributed by atoms with van der Waals surface area (Å²) in [5.74, 6) is 0.659. The van der Waals surface area contributed by atoms with Gasteiger partial charge in [0.25, 0.3) is 0 Å². The molecule has 1 aliphatic rings. The highest BCUT2D eigenvalue weighted by Crippen LogP contribution is 2.25. The van der Waals surface area contributed by atoms with Crippen LogP contribution in [0.3, 0.4) is 0 Å². The number of hydrogen-bond donors (Lipinski definition) is 1. The maximum Gasteiger partial charge on any atom is 0.318 e. The number of nitrogens with zero attached hydrogens (tertiary/aromatic N) is 1. The van der Waals surface area contributed by atoms with Crippen LogP contribution in [0.25, 0.3) is 5.57 Å². The van der Waals surface area contributed by atoms with Gasteiger partial charge >= 0.3 is 6.03 Å². The van der Waals surface area contributed by atoms with Gasteiger partial charge in [-0.1, -0.05) is 60.7 Å². The Morgan fingerprint density at radius 2 is 1.79 bits per heavy atom. The van der Waals surface area contributed by atoms with Crippen molar-refractivity contribution in [3.8, 4) is 0 Å². The SMILES string of the molecule is C=C(C)c1cccc(C(C)(C)NC(=O)N2CCC(Cc3ccccc3)CC2)c1. The monoisotopic (exact) mass is 376 g/mol. The summed E-state index contributed by atoms with van der Waals surface area (Å²) in [5, 5.41) is 3.23. The normalized spacial score (nSPS) is 15.3. The van der Waals surface area contributed by atoms with Crippen molar-refractivity contribution in [2.75, 3.05) is 13.1 Å². The summed E-state index contributed by atoms with van der Waals surface area (Å²) in [4.78, 5) is 14.8. The van der Waals surface area contributed by atoms with Gasteiger partial charge in [-0.25, -0.2) is 4.79 Å². The first kappa shape index (κ1) is 20.2. The van der Waals surface area contributed by atoms with Crippen molar-refractivity contribution in [2.24, 2.45) is 5.92 Å². The number of amides is 2. The molecular formula is C25H32N2O. The summed E-state index contributed by atoms with van der Waals surface area (Å²) in [6.07, 6.45) is 3.23. The van der Waals surface area contributed by atoms with E-state index in [0.29, 0.717) is 5.92 Å². The van der Waals surface area contributed by atoms with E-state index in [0.717, 1.165) is 49.1 Å². The van der Waals surface area contributed by atoms with Crippen LogP contribution in [0.1, 0.15) is 50.3 Å². The average molecular weight is 377 g/mol. The lowest BCUT2D eigenvalue weighted by molar-refractivity contribution is 0.161. The van der Waals surface area contributed by atoms with Gasteiger partial charge in [-0.3, -0.25) is 0 Å². The minimum absolute atomic E-state index is 0.0314. The minimum Gasteiger partial charge on any atom is -0.329 e. The summed E-state index contributed by atoms with van der Waals surface area (Å²) >= 11 is 0. The lowest BCUT2D eigenvalue weighted by Gasteiger charge is -2.35. The van der Waals surface area contributed by atoms with Crippen LogP contribution in [0.5, 0.6) is 0 Å². The van der Waals surface area contributed by atoms with Crippen molar-refractivity contribution >= 4 is 11.6 Å². The molecule has 0 aliphatic carbocycles. The van der Waals surface area contributed by atoms with Gasteiger partial charge in [-0.2, -0.15) is 0 Å². The number of carbonyl (C=O) groups excluding carboxylic acids is 1. The van der Waals surface area contributed by atoms with E-state index in [4.69, 9.17) is 0 Å². The zero-order valence-electron chi connectivity index (χ0n) is 17.4. The van der Waals surface area contributed by atoms with Gasteiger partial charge in [0, 0.05) is 13.1 Å². The molecule has 1 aliphatic heterocycles. The van der Waals surface area contributed by atoms with Gasteiger partial charge < -0.3 is 10.2 Å². The highest BCUT2D eigenvalue weighted by atomic mass is 16.2. The maximum atomic E-state index is 12.9. The van der Waals surface area contributed by atoms with Crippen LogP contribution in [0.4, 0.5) is 4.79 Å². The fourth-order valence-electron chi connectivity index (χ4n) is 3.88. The molecule has 0 radical (unpaired) electrons. The summed E-state index contributed by atoms with van der Waals surface area (Å²) < 4.78 is 0. The molecule has 2 amide bonds. The van der Waals surface area contributed by atoms with E-state index in [9.17, 15) is 4.79 Å². The standard InChI is InChI=1S/C25H32N2O/c1-19(2)22-11-8-12-23(18-22)25(3,4)26-24(28)27-15-13-21(14-16-27)17-20-9-6-5-7-10-20/h5-12,18,21H,1,13-17H2,2-4H3,(H,26,28). The molecule has 0 spiro atoms. The Kier molecular flexibility index (Phi) is 6.23. The molecule has 2 aromatic carbocycles. The zero-order valence-corrected chi connectivity index (χ0v) is 17.4. The van der Waals surface area contributed by atoms with E-state index in [-0.39, 0.29) is 6.03 Å². The molecule has 2 aromatic rings. The van der Waals surface area contributed by atoms with Crippen LogP contribution in [-0.4, -0.2) is 24.0 Å². The van der Waals surface area contributed by atoms with Crippen molar-refractivity contribution < 1.29 is 4.79 Å². The third kappa shape index (κ3) is 5.03. The largest absolute Gasteiger partial charge is 0.329 e. The number of nitrogens with one attached hydrogen (secondary N) is 1. The second-order valence-corrected chi connectivity index (χ2v) is 8.54. The van der Waals surface area contributed by atoms with E-state index in [1.54, 1.807) is 0 Å². The Balaban J connectivity index is 1.56. The maximum absolute atomic E-state index is 12.9. The van der Waals surface area contributed by atoms with Crippen LogP contribution in [0.15, 0.2) is 61.2 Å². The molecule has 3 heteroatoms. The predicted octanol–water partition coefficient (Wildman–Crippen LogP) is 5.62. The molecule has 0 bridgehead atoms. The van der Waals surface area contributed by atoms with Crippen molar-refractivity contribution in [2.45, 2.75) is 45.6 Å². The molecule has 0 aromatic heterocycles. The first-order valence-corrected chi connectivity index (χ1v) is 10.2. The number of benzene rings is 2. The zero-order chi connectivity index (χ0) is 20.1. The topological polar surface area (TPSA) is 32.3 Å². The molecule has 1 saturated heterocycles. The summed E-state index contributed by atoms with van der Waals surface area (Å²) in [7, 11) is 0. The molecule has 1 fully saturated rings. The number of carbonyl (C=O) groups is 1. The highest BCUT2D eigenvalue weighted by Gasteiger charge is 2.28. The first-order valence-electron chi connectivity index (χ1n) is 10.2. The van der Waals surface area contributed by atoms with Crippen LogP contribution in [0.2, 0.25) is 0 Å². The van der Waals surface area contributed by atoms with Crippen LogP contribution < -0.4 is 5.32 Å². The van der Waals surface area contributed by atoms with Gasteiger partial charge in [-0.05, 0) is 68.7 Å². The van der Waals surface area contributed by atoms with Crippen LogP contribution in [-0.2, 0) is 12.0 Å². The fraction of sp³-hybridized carbons (Fsp3) is 0.400. The number of likely N-dealkylation sites (tertiary alicyclic amines) is 1. The minimum atomic E-state index is -0.427. The third-order valence-corrected chi connectivity index (χ3v) is 5.77. The van der Waals surface area contributed by atoms with Gasteiger partial charge in [-0.15, -0.1) is 0 Å². The smallest absolute Gasteiger partial charge is 0.318 e. The summed E-state index contributed by atoms with van der Waals surface area (Å²) in [6, 6.07) is 19.0. The highest BCUT2D eigenvalue weighted by molar-refractivity contribution is 5.75. The molecule has 28 heavy (non-hydrogen) atoms. The Bertz CT molecular complexity index is 817. The number of piperidine rings is 1. The van der Waals surface area contributed by atoms with Crippen LogP contribution in [0, 0.1) is 5.92 Å². The lowest BCUT2D eigenvalue weighted by Crippen LogP contribution is -2.50. The Morgan fingerprint density at radius 3 is 2.43 bits per heavy atom. The molecule has 0 atom stereocenters. The van der Waals surface area contributed by atoms with Crippen LogP contribution >= 0.6 is 0 Å². The Labute approximate surface area is 169 Å². The molecule has 0 unspecified atom stereocenters. The Morgan fingerprint density at radius 1 is 1.11 bits per heavy atom. The molecule has 1 heterocycles. The van der Waals surface area contributed by atoms with E-state index in [2.05, 4.69) is 74.3 Å². The Hall–Kier alpha value is -2.55.